The predicted molar refractivity (Wildman–Crippen MR) is 121 cm³/mol. The van der Waals surface area contributed by atoms with Gasteiger partial charge in [-0.15, -0.1) is 0 Å². The molecule has 10 heteroatoms. The van der Waals surface area contributed by atoms with Crippen LogP contribution in [0.15, 0.2) is 70.6 Å². The molecule has 4 aromatic rings. The van der Waals surface area contributed by atoms with Crippen molar-refractivity contribution in [3.05, 3.63) is 71.4 Å². The summed E-state index contributed by atoms with van der Waals surface area (Å²) in [5, 5.41) is 0. The van der Waals surface area contributed by atoms with Gasteiger partial charge in [-0.1, -0.05) is 13.0 Å². The van der Waals surface area contributed by atoms with Crippen molar-refractivity contribution in [3.63, 3.8) is 0 Å². The van der Waals surface area contributed by atoms with Gasteiger partial charge in [-0.2, -0.15) is 0 Å². The van der Waals surface area contributed by atoms with E-state index in [1.165, 1.54) is 29.1 Å². The SMILES string of the molecule is CCCOc1cccc(Oc2cc3[nH]c(=O)n(C)c3cc2NS(=O)(=O)c2cccnc2)c1. The van der Waals surface area contributed by atoms with Crippen LogP contribution in [0.3, 0.4) is 0 Å². The van der Waals surface area contributed by atoms with Gasteiger partial charge in [0.05, 0.1) is 23.3 Å². The lowest BCUT2D eigenvalue weighted by atomic mass is 10.2. The molecule has 0 aliphatic carbocycles. The van der Waals surface area contributed by atoms with Gasteiger partial charge in [-0.3, -0.25) is 14.3 Å². The van der Waals surface area contributed by atoms with E-state index in [-0.39, 0.29) is 22.0 Å². The molecule has 2 aromatic carbocycles. The normalized spacial score (nSPS) is 11.4. The van der Waals surface area contributed by atoms with Gasteiger partial charge in [-0.05, 0) is 36.8 Å². The van der Waals surface area contributed by atoms with Crippen molar-refractivity contribution in [1.29, 1.82) is 0 Å². The van der Waals surface area contributed by atoms with Crippen LogP contribution in [-0.2, 0) is 17.1 Å². The quantitative estimate of drug-likeness (QED) is 0.420. The van der Waals surface area contributed by atoms with Crippen LogP contribution in [0, 0.1) is 0 Å². The van der Waals surface area contributed by atoms with Crippen molar-refractivity contribution in [3.8, 4) is 17.2 Å². The fraction of sp³-hybridized carbons (Fsp3) is 0.182. The number of H-pyrrole nitrogens is 1. The molecule has 0 saturated heterocycles. The van der Waals surface area contributed by atoms with Crippen LogP contribution in [0.2, 0.25) is 0 Å². The van der Waals surface area contributed by atoms with Crippen LogP contribution in [0.4, 0.5) is 5.69 Å². The molecule has 9 nitrogen and oxygen atoms in total. The second-order valence-corrected chi connectivity index (χ2v) is 8.76. The molecule has 0 saturated carbocycles. The standard InChI is InChI=1S/C22H22N4O5S/c1-3-10-30-15-6-4-7-16(11-15)31-21-13-18-20(26(2)22(27)24-18)12-19(21)25-32(28,29)17-8-5-9-23-14-17/h4-9,11-14,25H,3,10H2,1-2H3,(H,24,27). The van der Waals surface area contributed by atoms with Gasteiger partial charge in [0.1, 0.15) is 16.4 Å². The van der Waals surface area contributed by atoms with E-state index in [2.05, 4.69) is 14.7 Å². The summed E-state index contributed by atoms with van der Waals surface area (Å²) in [6.45, 7) is 2.58. The zero-order valence-corrected chi connectivity index (χ0v) is 18.3. The Morgan fingerprint density at radius 1 is 1.12 bits per heavy atom. The lowest BCUT2D eigenvalue weighted by molar-refractivity contribution is 0.316. The molecule has 0 radical (unpaired) electrons. The van der Waals surface area contributed by atoms with Crippen LogP contribution in [-0.4, -0.2) is 29.6 Å². The summed E-state index contributed by atoms with van der Waals surface area (Å²) < 4.78 is 41.4. The Labute approximate surface area is 184 Å². The molecule has 0 fully saturated rings. The summed E-state index contributed by atoms with van der Waals surface area (Å²) >= 11 is 0. The maximum atomic E-state index is 12.9. The number of hydrogen-bond donors (Lipinski definition) is 2. The molecule has 4 rings (SSSR count). The first kappa shape index (κ1) is 21.4. The number of rotatable bonds is 8. The number of sulfonamides is 1. The molecule has 2 N–H and O–H groups in total. The molecule has 166 valence electrons. The molecule has 2 heterocycles. The number of fused-ring (bicyclic) bond motifs is 1. The minimum atomic E-state index is -3.94. The summed E-state index contributed by atoms with van der Waals surface area (Å²) in [6, 6.07) is 13.1. The van der Waals surface area contributed by atoms with Crippen molar-refractivity contribution in [2.45, 2.75) is 18.2 Å². The van der Waals surface area contributed by atoms with E-state index in [1.54, 1.807) is 37.4 Å². The fourth-order valence-electron chi connectivity index (χ4n) is 3.10. The van der Waals surface area contributed by atoms with Crippen LogP contribution < -0.4 is 19.9 Å². The van der Waals surface area contributed by atoms with Crippen LogP contribution in [0.5, 0.6) is 17.2 Å². The Hall–Kier alpha value is -3.79. The number of hydrogen-bond acceptors (Lipinski definition) is 6. The number of anilines is 1. The Kier molecular flexibility index (Phi) is 5.87. The van der Waals surface area contributed by atoms with Gasteiger partial charge in [0.25, 0.3) is 10.0 Å². The number of nitrogens with zero attached hydrogens (tertiary/aromatic N) is 2. The summed E-state index contributed by atoms with van der Waals surface area (Å²) in [5.74, 6) is 1.31. The topological polar surface area (TPSA) is 115 Å². The van der Waals surface area contributed by atoms with E-state index in [4.69, 9.17) is 9.47 Å². The molecule has 0 amide bonds. The smallest absolute Gasteiger partial charge is 0.326 e. The Bertz CT molecular complexity index is 1410. The Morgan fingerprint density at radius 2 is 1.94 bits per heavy atom. The maximum Gasteiger partial charge on any atom is 0.326 e. The lowest BCUT2D eigenvalue weighted by Crippen LogP contribution is -2.14. The van der Waals surface area contributed by atoms with Crippen molar-refractivity contribution < 1.29 is 17.9 Å². The molecule has 0 spiro atoms. The van der Waals surface area contributed by atoms with E-state index >= 15 is 0 Å². The summed E-state index contributed by atoms with van der Waals surface area (Å²) in [5.41, 5.74) is 0.880. The lowest BCUT2D eigenvalue weighted by Gasteiger charge is -2.15. The molecular formula is C22H22N4O5S. The van der Waals surface area contributed by atoms with Crippen LogP contribution in [0.25, 0.3) is 11.0 Å². The first-order chi connectivity index (χ1) is 15.4. The average molecular weight is 455 g/mol. The summed E-state index contributed by atoms with van der Waals surface area (Å²) in [4.78, 5) is 18.7. The third kappa shape index (κ3) is 4.45. The molecule has 2 aromatic heterocycles. The third-order valence-corrected chi connectivity index (χ3v) is 6.05. The minimum Gasteiger partial charge on any atom is -0.493 e. The highest BCUT2D eigenvalue weighted by atomic mass is 32.2. The fourth-order valence-corrected chi connectivity index (χ4v) is 4.13. The van der Waals surface area contributed by atoms with Crippen molar-refractivity contribution in [2.75, 3.05) is 11.3 Å². The molecule has 0 atom stereocenters. The van der Waals surface area contributed by atoms with Gasteiger partial charge in [0.15, 0.2) is 5.75 Å². The van der Waals surface area contributed by atoms with Crippen molar-refractivity contribution in [1.82, 2.24) is 14.5 Å². The van der Waals surface area contributed by atoms with E-state index in [9.17, 15) is 13.2 Å². The Balaban J connectivity index is 1.76. The highest BCUT2D eigenvalue weighted by molar-refractivity contribution is 7.92. The number of benzene rings is 2. The number of aromatic amines is 1. The molecular weight excluding hydrogens is 432 g/mol. The van der Waals surface area contributed by atoms with Gasteiger partial charge < -0.3 is 14.5 Å². The first-order valence-electron chi connectivity index (χ1n) is 9.93. The first-order valence-corrected chi connectivity index (χ1v) is 11.4. The van der Waals surface area contributed by atoms with E-state index in [1.807, 2.05) is 13.0 Å². The van der Waals surface area contributed by atoms with Gasteiger partial charge in [-0.25, -0.2) is 13.2 Å². The number of nitrogens with one attached hydrogen (secondary N) is 2. The molecule has 0 bridgehead atoms. The van der Waals surface area contributed by atoms with Gasteiger partial charge in [0.2, 0.25) is 0 Å². The second-order valence-electron chi connectivity index (χ2n) is 7.07. The molecule has 0 aliphatic heterocycles. The average Bonchev–Trinajstić information content (AvgIpc) is 3.06. The van der Waals surface area contributed by atoms with E-state index in [0.717, 1.165) is 6.42 Å². The van der Waals surface area contributed by atoms with E-state index in [0.29, 0.717) is 29.1 Å². The highest BCUT2D eigenvalue weighted by Gasteiger charge is 2.19. The minimum absolute atomic E-state index is 0.00367. The third-order valence-electron chi connectivity index (χ3n) is 4.70. The van der Waals surface area contributed by atoms with Crippen LogP contribution >= 0.6 is 0 Å². The number of pyridine rings is 1. The van der Waals surface area contributed by atoms with Crippen molar-refractivity contribution in [2.24, 2.45) is 7.05 Å². The summed E-state index contributed by atoms with van der Waals surface area (Å²) in [6.07, 6.45) is 3.61. The predicted octanol–water partition coefficient (Wildman–Crippen LogP) is 3.64. The van der Waals surface area contributed by atoms with Crippen LogP contribution in [0.1, 0.15) is 13.3 Å². The Morgan fingerprint density at radius 3 is 2.69 bits per heavy atom. The van der Waals surface area contributed by atoms with E-state index < -0.39 is 10.0 Å². The van der Waals surface area contributed by atoms with Gasteiger partial charge in [0, 0.05) is 31.6 Å². The maximum absolute atomic E-state index is 12.9. The molecule has 32 heavy (non-hydrogen) atoms. The number of imidazole rings is 1. The zero-order valence-electron chi connectivity index (χ0n) is 17.5. The molecule has 0 aliphatic rings. The zero-order chi connectivity index (χ0) is 22.7. The second kappa shape index (κ2) is 8.75. The largest absolute Gasteiger partial charge is 0.493 e. The van der Waals surface area contributed by atoms with Crippen molar-refractivity contribution >= 4 is 26.7 Å². The summed E-state index contributed by atoms with van der Waals surface area (Å²) in [7, 11) is -2.34. The van der Waals surface area contributed by atoms with Gasteiger partial charge >= 0.3 is 5.69 Å². The number of ether oxygens (including phenoxy) is 2. The highest BCUT2D eigenvalue weighted by Crippen LogP contribution is 2.35. The monoisotopic (exact) mass is 454 g/mol. The number of aryl methyl sites for hydroxylation is 1. The number of aromatic nitrogens is 3. The molecule has 0 unspecified atom stereocenters.